The Morgan fingerprint density at radius 3 is 2.69 bits per heavy atom. The van der Waals surface area contributed by atoms with Gasteiger partial charge < -0.3 is 5.73 Å². The predicted octanol–water partition coefficient (Wildman–Crippen LogP) is 3.14. The van der Waals surface area contributed by atoms with E-state index in [0.717, 1.165) is 22.9 Å². The summed E-state index contributed by atoms with van der Waals surface area (Å²) in [6, 6.07) is 7.99. The first-order chi connectivity index (χ1) is 6.27. The number of nitrogens with two attached hydrogens (primary N) is 1. The molecule has 2 rings (SSSR count). The third-order valence-corrected chi connectivity index (χ3v) is 2.93. The zero-order chi connectivity index (χ0) is 9.26. The second kappa shape index (κ2) is 3.69. The Bertz CT molecular complexity index is 294. The minimum atomic E-state index is 0.126. The molecule has 2 N–H and O–H groups in total. The van der Waals surface area contributed by atoms with Gasteiger partial charge in [0.15, 0.2) is 0 Å². The maximum Gasteiger partial charge on any atom is 0.0453 e. The molecule has 0 spiro atoms. The van der Waals surface area contributed by atoms with Gasteiger partial charge in [0.1, 0.15) is 0 Å². The molecule has 0 heterocycles. The summed E-state index contributed by atoms with van der Waals surface area (Å²) < 4.78 is 0. The highest BCUT2D eigenvalue weighted by molar-refractivity contribution is 6.31. The van der Waals surface area contributed by atoms with Gasteiger partial charge in [0.25, 0.3) is 0 Å². The molecule has 1 saturated carbocycles. The van der Waals surface area contributed by atoms with Gasteiger partial charge in [-0.05, 0) is 24.0 Å². The van der Waals surface area contributed by atoms with Gasteiger partial charge in [-0.25, -0.2) is 0 Å². The molecule has 1 aromatic rings. The molecule has 0 radical (unpaired) electrons. The molecule has 1 aromatic carbocycles. The molecular weight excluding hydrogens is 182 g/mol. The third kappa shape index (κ3) is 2.23. The molecule has 1 atom stereocenters. The first kappa shape index (κ1) is 9.04. The molecule has 0 amide bonds. The normalized spacial score (nSPS) is 18.6. The van der Waals surface area contributed by atoms with Crippen LogP contribution in [0.15, 0.2) is 24.3 Å². The summed E-state index contributed by atoms with van der Waals surface area (Å²) in [5.41, 5.74) is 7.15. The van der Waals surface area contributed by atoms with E-state index < -0.39 is 0 Å². The molecule has 1 aliphatic rings. The third-order valence-electron chi connectivity index (χ3n) is 2.59. The minimum Gasteiger partial charge on any atom is -0.324 e. The quantitative estimate of drug-likeness (QED) is 0.788. The number of rotatable bonds is 3. The van der Waals surface area contributed by atoms with E-state index in [1.807, 2.05) is 24.3 Å². The van der Waals surface area contributed by atoms with Crippen LogP contribution in [0.5, 0.6) is 0 Å². The summed E-state index contributed by atoms with van der Waals surface area (Å²) in [6.45, 7) is 0. The van der Waals surface area contributed by atoms with Crippen molar-refractivity contribution in [3.8, 4) is 0 Å². The lowest BCUT2D eigenvalue weighted by atomic mass is 10.0. The fourth-order valence-electron chi connectivity index (χ4n) is 1.62. The molecule has 0 unspecified atom stereocenters. The van der Waals surface area contributed by atoms with E-state index in [2.05, 4.69) is 0 Å². The topological polar surface area (TPSA) is 26.0 Å². The van der Waals surface area contributed by atoms with E-state index in [-0.39, 0.29) is 6.04 Å². The highest BCUT2D eigenvalue weighted by Crippen LogP contribution is 2.37. The van der Waals surface area contributed by atoms with Crippen LogP contribution >= 0.6 is 11.6 Å². The fraction of sp³-hybridized carbons (Fsp3) is 0.455. The number of hydrogen-bond donors (Lipinski definition) is 1. The van der Waals surface area contributed by atoms with E-state index in [4.69, 9.17) is 17.3 Å². The molecule has 2 heteroatoms. The van der Waals surface area contributed by atoms with E-state index in [0.29, 0.717) is 0 Å². The van der Waals surface area contributed by atoms with E-state index in [9.17, 15) is 0 Å². The van der Waals surface area contributed by atoms with Gasteiger partial charge in [0.05, 0.1) is 0 Å². The van der Waals surface area contributed by atoms with Crippen molar-refractivity contribution in [1.82, 2.24) is 0 Å². The van der Waals surface area contributed by atoms with E-state index in [1.54, 1.807) is 0 Å². The van der Waals surface area contributed by atoms with Gasteiger partial charge >= 0.3 is 0 Å². The Labute approximate surface area is 83.9 Å². The first-order valence-electron chi connectivity index (χ1n) is 4.77. The molecule has 0 aromatic heterocycles. The summed E-state index contributed by atoms with van der Waals surface area (Å²) in [5, 5.41) is 0.802. The van der Waals surface area contributed by atoms with Crippen molar-refractivity contribution in [2.45, 2.75) is 25.3 Å². The number of halogens is 1. The van der Waals surface area contributed by atoms with Crippen LogP contribution in [-0.2, 0) is 0 Å². The number of hydrogen-bond acceptors (Lipinski definition) is 1. The SMILES string of the molecule is N[C@@H](CC1CC1)c1ccccc1Cl. The lowest BCUT2D eigenvalue weighted by molar-refractivity contribution is 0.597. The molecule has 70 valence electrons. The van der Waals surface area contributed by atoms with Crippen LogP contribution in [-0.4, -0.2) is 0 Å². The van der Waals surface area contributed by atoms with Crippen LogP contribution in [0.4, 0.5) is 0 Å². The fourth-order valence-corrected chi connectivity index (χ4v) is 1.89. The second-order valence-electron chi connectivity index (χ2n) is 3.81. The summed E-state index contributed by atoms with van der Waals surface area (Å²) in [6.07, 6.45) is 3.78. The summed E-state index contributed by atoms with van der Waals surface area (Å²) in [4.78, 5) is 0. The maximum atomic E-state index is 6.05. The Hall–Kier alpha value is -0.530. The van der Waals surface area contributed by atoms with Crippen LogP contribution in [0, 0.1) is 5.92 Å². The smallest absolute Gasteiger partial charge is 0.0453 e. The number of benzene rings is 1. The molecular formula is C11H14ClN. The zero-order valence-corrected chi connectivity index (χ0v) is 8.30. The van der Waals surface area contributed by atoms with Crippen LogP contribution in [0.2, 0.25) is 5.02 Å². The predicted molar refractivity (Wildman–Crippen MR) is 55.7 cm³/mol. The lowest BCUT2D eigenvalue weighted by Crippen LogP contribution is -2.11. The lowest BCUT2D eigenvalue weighted by Gasteiger charge is -2.12. The van der Waals surface area contributed by atoms with Gasteiger partial charge in [-0.2, -0.15) is 0 Å². The summed E-state index contributed by atoms with van der Waals surface area (Å²) in [7, 11) is 0. The Morgan fingerprint density at radius 1 is 1.38 bits per heavy atom. The summed E-state index contributed by atoms with van der Waals surface area (Å²) in [5.74, 6) is 0.853. The molecule has 0 bridgehead atoms. The molecule has 1 aliphatic carbocycles. The van der Waals surface area contributed by atoms with Crippen molar-refractivity contribution >= 4 is 11.6 Å². The van der Waals surface area contributed by atoms with Gasteiger partial charge in [0.2, 0.25) is 0 Å². The van der Waals surface area contributed by atoms with Crippen molar-refractivity contribution < 1.29 is 0 Å². The second-order valence-corrected chi connectivity index (χ2v) is 4.21. The van der Waals surface area contributed by atoms with Gasteiger partial charge in [-0.15, -0.1) is 0 Å². The van der Waals surface area contributed by atoms with Crippen molar-refractivity contribution in [2.75, 3.05) is 0 Å². The highest BCUT2D eigenvalue weighted by atomic mass is 35.5. The van der Waals surface area contributed by atoms with E-state index >= 15 is 0 Å². The Morgan fingerprint density at radius 2 is 2.08 bits per heavy atom. The zero-order valence-electron chi connectivity index (χ0n) is 7.54. The minimum absolute atomic E-state index is 0.126. The first-order valence-corrected chi connectivity index (χ1v) is 5.15. The van der Waals surface area contributed by atoms with Crippen LogP contribution in [0.3, 0.4) is 0 Å². The van der Waals surface area contributed by atoms with Crippen molar-refractivity contribution in [3.05, 3.63) is 34.9 Å². The van der Waals surface area contributed by atoms with E-state index in [1.165, 1.54) is 12.8 Å². The molecule has 1 fully saturated rings. The van der Waals surface area contributed by atoms with Crippen LogP contribution < -0.4 is 5.73 Å². The van der Waals surface area contributed by atoms with Gasteiger partial charge in [-0.3, -0.25) is 0 Å². The van der Waals surface area contributed by atoms with Crippen molar-refractivity contribution in [2.24, 2.45) is 11.7 Å². The molecule has 1 nitrogen and oxygen atoms in total. The Kier molecular flexibility index (Phi) is 2.56. The van der Waals surface area contributed by atoms with Crippen LogP contribution in [0.25, 0.3) is 0 Å². The Balaban J connectivity index is 2.09. The largest absolute Gasteiger partial charge is 0.324 e. The van der Waals surface area contributed by atoms with Crippen LogP contribution in [0.1, 0.15) is 30.9 Å². The van der Waals surface area contributed by atoms with Gasteiger partial charge in [0, 0.05) is 11.1 Å². The van der Waals surface area contributed by atoms with Crippen molar-refractivity contribution in [3.63, 3.8) is 0 Å². The van der Waals surface area contributed by atoms with Crippen molar-refractivity contribution in [1.29, 1.82) is 0 Å². The average molecular weight is 196 g/mol. The highest BCUT2D eigenvalue weighted by Gasteiger charge is 2.24. The molecule has 0 saturated heterocycles. The molecule has 13 heavy (non-hydrogen) atoms. The standard InChI is InChI=1S/C11H14ClN/c12-10-4-2-1-3-9(10)11(13)7-8-5-6-8/h1-4,8,11H,5-7,13H2/t11-/m0/s1. The van der Waals surface area contributed by atoms with Gasteiger partial charge in [-0.1, -0.05) is 42.6 Å². The summed E-state index contributed by atoms with van der Waals surface area (Å²) >= 11 is 6.04. The maximum absolute atomic E-state index is 6.05. The average Bonchev–Trinajstić information content (AvgIpc) is 2.89. The molecule has 0 aliphatic heterocycles. The monoisotopic (exact) mass is 195 g/mol.